The molecular formula is C22H30N4O2S. The van der Waals surface area contributed by atoms with Gasteiger partial charge >= 0.3 is 0 Å². The second kappa shape index (κ2) is 11.0. The molecule has 1 aliphatic heterocycles. The summed E-state index contributed by atoms with van der Waals surface area (Å²) in [6.45, 7) is 5.62. The average Bonchev–Trinajstić information content (AvgIpc) is 3.00. The monoisotopic (exact) mass is 414 g/mol. The molecule has 6 nitrogen and oxygen atoms in total. The third-order valence-electron chi connectivity index (χ3n) is 5.15. The Balaban J connectivity index is 1.46. The van der Waals surface area contributed by atoms with Crippen molar-refractivity contribution < 1.29 is 9.47 Å². The summed E-state index contributed by atoms with van der Waals surface area (Å²) in [5, 5.41) is 4.24. The highest BCUT2D eigenvalue weighted by molar-refractivity contribution is 7.80. The summed E-state index contributed by atoms with van der Waals surface area (Å²) < 4.78 is 10.8. The summed E-state index contributed by atoms with van der Waals surface area (Å²) in [6.07, 6.45) is 3.77. The summed E-state index contributed by atoms with van der Waals surface area (Å²) in [5.74, 6) is 1.71. The third-order valence-corrected chi connectivity index (χ3v) is 5.55. The van der Waals surface area contributed by atoms with Gasteiger partial charge in [0.15, 0.2) is 5.11 Å². The Kier molecular flexibility index (Phi) is 8.07. The van der Waals surface area contributed by atoms with Crippen LogP contribution in [0.4, 0.5) is 0 Å². The lowest BCUT2D eigenvalue weighted by Gasteiger charge is -2.24. The first-order chi connectivity index (χ1) is 14.2. The van der Waals surface area contributed by atoms with Crippen molar-refractivity contribution in [3.63, 3.8) is 0 Å². The van der Waals surface area contributed by atoms with Crippen LogP contribution in [0.3, 0.4) is 0 Å². The minimum atomic E-state index is 0.760. The number of benzene rings is 1. The molecule has 0 spiro atoms. The van der Waals surface area contributed by atoms with E-state index < -0.39 is 0 Å². The van der Waals surface area contributed by atoms with Crippen LogP contribution >= 0.6 is 12.2 Å². The van der Waals surface area contributed by atoms with Crippen LogP contribution in [0, 0.1) is 0 Å². The van der Waals surface area contributed by atoms with Crippen molar-refractivity contribution in [1.82, 2.24) is 20.1 Å². The van der Waals surface area contributed by atoms with Crippen molar-refractivity contribution in [2.24, 2.45) is 0 Å². The number of rotatable bonds is 7. The molecule has 0 aliphatic carbocycles. The van der Waals surface area contributed by atoms with E-state index in [0.717, 1.165) is 80.0 Å². The van der Waals surface area contributed by atoms with Crippen LogP contribution in [0.25, 0.3) is 0 Å². The lowest BCUT2D eigenvalue weighted by Crippen LogP contribution is -2.42. The molecule has 0 amide bonds. The number of hydrogen-bond donors (Lipinski definition) is 1. The van der Waals surface area contributed by atoms with Crippen molar-refractivity contribution >= 4 is 17.3 Å². The Morgan fingerprint density at radius 3 is 2.76 bits per heavy atom. The van der Waals surface area contributed by atoms with Crippen LogP contribution in [0.5, 0.6) is 11.5 Å². The Hall–Kier alpha value is -2.38. The molecule has 1 aromatic heterocycles. The van der Waals surface area contributed by atoms with Gasteiger partial charge in [0.1, 0.15) is 11.5 Å². The van der Waals surface area contributed by atoms with Crippen LogP contribution in [0.2, 0.25) is 0 Å². The molecule has 0 bridgehead atoms. The summed E-state index contributed by atoms with van der Waals surface area (Å²) in [4.78, 5) is 9.17. The number of hydrogen-bond acceptors (Lipinski definition) is 5. The quantitative estimate of drug-likeness (QED) is 0.699. The molecule has 1 N–H and O–H groups in total. The molecule has 0 saturated carbocycles. The summed E-state index contributed by atoms with van der Waals surface area (Å²) in [6, 6.07) is 12.0. The molecule has 0 unspecified atom stereocenters. The van der Waals surface area contributed by atoms with Crippen molar-refractivity contribution in [2.45, 2.75) is 19.4 Å². The van der Waals surface area contributed by atoms with Gasteiger partial charge in [-0.25, -0.2) is 0 Å². The van der Waals surface area contributed by atoms with Gasteiger partial charge in [0, 0.05) is 45.5 Å². The SMILES string of the molecule is COc1ccc(OC)c(CCNC(=S)N2CCCN(Cc3ccccn3)CC2)c1. The van der Waals surface area contributed by atoms with Crippen LogP contribution in [-0.2, 0) is 13.0 Å². The second-order valence-electron chi connectivity index (χ2n) is 7.10. The Labute approximate surface area is 178 Å². The Morgan fingerprint density at radius 1 is 1.10 bits per heavy atom. The maximum Gasteiger partial charge on any atom is 0.168 e. The number of methoxy groups -OCH3 is 2. The highest BCUT2D eigenvalue weighted by atomic mass is 32.1. The fraction of sp³-hybridized carbons (Fsp3) is 0.455. The minimum Gasteiger partial charge on any atom is -0.497 e. The Morgan fingerprint density at radius 2 is 2.00 bits per heavy atom. The lowest BCUT2D eigenvalue weighted by atomic mass is 10.1. The molecule has 0 atom stereocenters. The van der Waals surface area contributed by atoms with Crippen LogP contribution < -0.4 is 14.8 Å². The fourth-order valence-corrected chi connectivity index (χ4v) is 3.83. The van der Waals surface area contributed by atoms with Gasteiger partial charge in [-0.2, -0.15) is 0 Å². The maximum atomic E-state index is 5.66. The van der Waals surface area contributed by atoms with Crippen LogP contribution in [-0.4, -0.2) is 66.8 Å². The van der Waals surface area contributed by atoms with E-state index in [2.05, 4.69) is 26.2 Å². The minimum absolute atomic E-state index is 0.760. The summed E-state index contributed by atoms with van der Waals surface area (Å²) in [5.41, 5.74) is 2.23. The van der Waals surface area contributed by atoms with Crippen molar-refractivity contribution in [1.29, 1.82) is 0 Å². The first-order valence-electron chi connectivity index (χ1n) is 10.1. The standard InChI is InChI=1S/C22H30N4O2S/c1-27-20-7-8-21(28-2)18(16-20)9-11-24-22(29)26-13-5-12-25(14-15-26)17-19-6-3-4-10-23-19/h3-4,6-8,10,16H,5,9,11-15,17H2,1-2H3,(H,24,29). The molecule has 1 aliphatic rings. The van der Waals surface area contributed by atoms with Gasteiger partial charge in [-0.15, -0.1) is 0 Å². The van der Waals surface area contributed by atoms with E-state index in [1.165, 1.54) is 0 Å². The number of nitrogens with zero attached hydrogens (tertiary/aromatic N) is 3. The first-order valence-corrected chi connectivity index (χ1v) is 10.5. The molecule has 7 heteroatoms. The second-order valence-corrected chi connectivity index (χ2v) is 7.48. The van der Waals surface area contributed by atoms with Gasteiger partial charge in [0.2, 0.25) is 0 Å². The van der Waals surface area contributed by atoms with Crippen LogP contribution in [0.15, 0.2) is 42.6 Å². The highest BCUT2D eigenvalue weighted by Crippen LogP contribution is 2.24. The van der Waals surface area contributed by atoms with E-state index in [-0.39, 0.29) is 0 Å². The molecule has 3 rings (SSSR count). The molecule has 1 aromatic carbocycles. The predicted molar refractivity (Wildman–Crippen MR) is 120 cm³/mol. The first kappa shape index (κ1) is 21.3. The zero-order valence-corrected chi connectivity index (χ0v) is 18.1. The summed E-state index contributed by atoms with van der Waals surface area (Å²) in [7, 11) is 3.37. The highest BCUT2D eigenvalue weighted by Gasteiger charge is 2.17. The lowest BCUT2D eigenvalue weighted by molar-refractivity contribution is 0.274. The molecule has 1 fully saturated rings. The Bertz CT molecular complexity index is 788. The maximum absolute atomic E-state index is 5.66. The van der Waals surface area contributed by atoms with Gasteiger partial charge in [0.25, 0.3) is 0 Å². The zero-order valence-electron chi connectivity index (χ0n) is 17.3. The molecule has 2 aromatic rings. The number of nitrogens with one attached hydrogen (secondary N) is 1. The molecule has 1 saturated heterocycles. The molecule has 156 valence electrons. The van der Waals surface area contributed by atoms with Crippen molar-refractivity contribution in [3.05, 3.63) is 53.9 Å². The van der Waals surface area contributed by atoms with Crippen molar-refractivity contribution in [2.75, 3.05) is 46.9 Å². The number of pyridine rings is 1. The summed E-state index contributed by atoms with van der Waals surface area (Å²) >= 11 is 5.66. The van der Waals surface area contributed by atoms with Gasteiger partial charge in [0.05, 0.1) is 19.9 Å². The van der Waals surface area contributed by atoms with Gasteiger partial charge < -0.3 is 19.7 Å². The van der Waals surface area contributed by atoms with Gasteiger partial charge in [-0.1, -0.05) is 6.07 Å². The van der Waals surface area contributed by atoms with E-state index >= 15 is 0 Å². The fourth-order valence-electron chi connectivity index (χ4n) is 3.55. The number of aromatic nitrogens is 1. The number of ether oxygens (including phenoxy) is 2. The average molecular weight is 415 g/mol. The van der Waals surface area contributed by atoms with E-state index in [1.54, 1.807) is 14.2 Å². The third kappa shape index (κ3) is 6.30. The van der Waals surface area contributed by atoms with E-state index in [1.807, 2.05) is 36.5 Å². The molecular weight excluding hydrogens is 384 g/mol. The van der Waals surface area contributed by atoms with Crippen molar-refractivity contribution in [3.8, 4) is 11.5 Å². The topological polar surface area (TPSA) is 49.9 Å². The largest absolute Gasteiger partial charge is 0.497 e. The molecule has 2 heterocycles. The molecule has 29 heavy (non-hydrogen) atoms. The van der Waals surface area contributed by atoms with Gasteiger partial charge in [-0.05, 0) is 61.0 Å². The van der Waals surface area contributed by atoms with E-state index in [9.17, 15) is 0 Å². The predicted octanol–water partition coefficient (Wildman–Crippen LogP) is 2.72. The zero-order chi connectivity index (χ0) is 20.5. The van der Waals surface area contributed by atoms with E-state index in [0.29, 0.717) is 0 Å². The van der Waals surface area contributed by atoms with Crippen LogP contribution in [0.1, 0.15) is 17.7 Å². The normalized spacial score (nSPS) is 14.9. The van der Waals surface area contributed by atoms with E-state index in [4.69, 9.17) is 21.7 Å². The smallest absolute Gasteiger partial charge is 0.168 e. The van der Waals surface area contributed by atoms with Gasteiger partial charge in [-0.3, -0.25) is 9.88 Å². The number of thiocarbonyl (C=S) groups is 1. The molecule has 0 radical (unpaired) electrons.